The first kappa shape index (κ1) is 11.5. The van der Waals surface area contributed by atoms with Crippen LogP contribution in [0.4, 0.5) is 4.39 Å². The standard InChI is InChI=1S/C12H14FNOS/c1-8(15)14-6-2-3-11(14)9-4-5-10(13)12(16)7-9/h4-5,7,11,16H,2-3,6H2,1H3. The van der Waals surface area contributed by atoms with Crippen LogP contribution in [0.3, 0.4) is 0 Å². The van der Waals surface area contributed by atoms with Crippen molar-refractivity contribution in [2.75, 3.05) is 6.54 Å². The van der Waals surface area contributed by atoms with Gasteiger partial charge in [0, 0.05) is 18.4 Å². The molecule has 0 saturated carbocycles. The zero-order valence-corrected chi connectivity index (χ0v) is 10.0. The topological polar surface area (TPSA) is 20.3 Å². The van der Waals surface area contributed by atoms with Crippen LogP contribution in [0.5, 0.6) is 0 Å². The maximum Gasteiger partial charge on any atom is 0.219 e. The van der Waals surface area contributed by atoms with E-state index in [4.69, 9.17) is 0 Å². The zero-order chi connectivity index (χ0) is 11.7. The van der Waals surface area contributed by atoms with Gasteiger partial charge in [-0.05, 0) is 30.5 Å². The fourth-order valence-electron chi connectivity index (χ4n) is 2.23. The smallest absolute Gasteiger partial charge is 0.219 e. The molecule has 0 radical (unpaired) electrons. The van der Waals surface area contributed by atoms with Crippen molar-refractivity contribution in [3.63, 3.8) is 0 Å². The highest BCUT2D eigenvalue weighted by Gasteiger charge is 2.27. The van der Waals surface area contributed by atoms with Crippen molar-refractivity contribution in [1.29, 1.82) is 0 Å². The lowest BCUT2D eigenvalue weighted by atomic mass is 10.0. The van der Waals surface area contributed by atoms with Crippen molar-refractivity contribution >= 4 is 18.5 Å². The summed E-state index contributed by atoms with van der Waals surface area (Å²) < 4.78 is 13.1. The minimum atomic E-state index is -0.320. The fraction of sp³-hybridized carbons (Fsp3) is 0.417. The molecule has 1 atom stereocenters. The van der Waals surface area contributed by atoms with Gasteiger partial charge in [0.05, 0.1) is 6.04 Å². The predicted octanol–water partition coefficient (Wildman–Crippen LogP) is 2.80. The van der Waals surface area contributed by atoms with Crippen LogP contribution in [-0.4, -0.2) is 17.4 Å². The number of carbonyl (C=O) groups is 1. The molecule has 1 heterocycles. The lowest BCUT2D eigenvalue weighted by Gasteiger charge is -2.23. The van der Waals surface area contributed by atoms with E-state index < -0.39 is 0 Å². The monoisotopic (exact) mass is 239 g/mol. The van der Waals surface area contributed by atoms with Crippen LogP contribution in [0.15, 0.2) is 23.1 Å². The summed E-state index contributed by atoms with van der Waals surface area (Å²) in [5.41, 5.74) is 0.971. The van der Waals surface area contributed by atoms with E-state index in [2.05, 4.69) is 12.6 Å². The van der Waals surface area contributed by atoms with Crippen molar-refractivity contribution < 1.29 is 9.18 Å². The summed E-state index contributed by atoms with van der Waals surface area (Å²) in [6.45, 7) is 2.36. The molecule has 1 aromatic carbocycles. The Bertz CT molecular complexity index is 421. The molecule has 0 spiro atoms. The summed E-state index contributed by atoms with van der Waals surface area (Å²) in [5.74, 6) is -0.244. The van der Waals surface area contributed by atoms with Gasteiger partial charge < -0.3 is 4.90 Å². The number of likely N-dealkylation sites (tertiary alicyclic amines) is 1. The molecule has 0 aromatic heterocycles. The molecule has 1 amide bonds. The molecule has 4 heteroatoms. The SMILES string of the molecule is CC(=O)N1CCCC1c1ccc(F)c(S)c1. The normalized spacial score (nSPS) is 20.2. The third kappa shape index (κ3) is 2.07. The molecule has 1 fully saturated rings. The second-order valence-electron chi connectivity index (χ2n) is 4.08. The number of benzene rings is 1. The number of carbonyl (C=O) groups excluding carboxylic acids is 1. The van der Waals surface area contributed by atoms with Crippen LogP contribution in [0, 0.1) is 5.82 Å². The first-order valence-electron chi connectivity index (χ1n) is 5.35. The van der Waals surface area contributed by atoms with Crippen LogP contribution in [0.1, 0.15) is 31.4 Å². The van der Waals surface area contributed by atoms with E-state index in [0.29, 0.717) is 4.90 Å². The highest BCUT2D eigenvalue weighted by atomic mass is 32.1. The van der Waals surface area contributed by atoms with Crippen molar-refractivity contribution in [3.05, 3.63) is 29.6 Å². The van der Waals surface area contributed by atoms with Gasteiger partial charge in [-0.3, -0.25) is 4.79 Å². The Hall–Kier alpha value is -1.03. The maximum atomic E-state index is 13.1. The lowest BCUT2D eigenvalue weighted by Crippen LogP contribution is -2.28. The maximum absolute atomic E-state index is 13.1. The summed E-state index contributed by atoms with van der Waals surface area (Å²) in [7, 11) is 0. The molecule has 1 aromatic rings. The molecule has 0 N–H and O–H groups in total. The fourth-order valence-corrected chi connectivity index (χ4v) is 2.45. The quantitative estimate of drug-likeness (QED) is 0.747. The number of thiol groups is 1. The van der Waals surface area contributed by atoms with Gasteiger partial charge in [0.2, 0.25) is 5.91 Å². The molecule has 86 valence electrons. The van der Waals surface area contributed by atoms with E-state index in [-0.39, 0.29) is 17.8 Å². The summed E-state index contributed by atoms with van der Waals surface area (Å²) >= 11 is 4.06. The summed E-state index contributed by atoms with van der Waals surface area (Å²) in [4.78, 5) is 13.6. The van der Waals surface area contributed by atoms with Gasteiger partial charge in [-0.15, -0.1) is 12.6 Å². The predicted molar refractivity (Wildman–Crippen MR) is 63.0 cm³/mol. The number of nitrogens with zero attached hydrogens (tertiary/aromatic N) is 1. The first-order valence-corrected chi connectivity index (χ1v) is 5.80. The van der Waals surface area contributed by atoms with Crippen LogP contribution < -0.4 is 0 Å². The summed E-state index contributed by atoms with van der Waals surface area (Å²) in [6.07, 6.45) is 1.95. The van der Waals surface area contributed by atoms with E-state index in [1.165, 1.54) is 6.07 Å². The number of rotatable bonds is 1. The minimum absolute atomic E-state index is 0.0764. The van der Waals surface area contributed by atoms with Gasteiger partial charge >= 0.3 is 0 Å². The van der Waals surface area contributed by atoms with E-state index in [1.807, 2.05) is 4.90 Å². The largest absolute Gasteiger partial charge is 0.336 e. The van der Waals surface area contributed by atoms with Crippen LogP contribution in [0.2, 0.25) is 0 Å². The second kappa shape index (κ2) is 4.45. The number of hydrogen-bond acceptors (Lipinski definition) is 2. The number of amides is 1. The minimum Gasteiger partial charge on any atom is -0.336 e. The molecule has 0 bridgehead atoms. The average molecular weight is 239 g/mol. The molecule has 1 unspecified atom stereocenters. The molecule has 1 saturated heterocycles. The number of hydrogen-bond donors (Lipinski definition) is 1. The molecule has 16 heavy (non-hydrogen) atoms. The van der Waals surface area contributed by atoms with Crippen LogP contribution in [-0.2, 0) is 4.79 Å². The Labute approximate surface area is 99.9 Å². The highest BCUT2D eigenvalue weighted by Crippen LogP contribution is 2.33. The molecule has 0 aliphatic carbocycles. The van der Waals surface area contributed by atoms with E-state index in [9.17, 15) is 9.18 Å². The van der Waals surface area contributed by atoms with Gasteiger partial charge in [-0.25, -0.2) is 4.39 Å². The van der Waals surface area contributed by atoms with Gasteiger partial charge in [0.1, 0.15) is 5.82 Å². The molecule has 1 aliphatic rings. The van der Waals surface area contributed by atoms with Gasteiger partial charge in [-0.2, -0.15) is 0 Å². The summed E-state index contributed by atoms with van der Waals surface area (Å²) in [6, 6.07) is 4.95. The van der Waals surface area contributed by atoms with Crippen molar-refractivity contribution in [2.24, 2.45) is 0 Å². The third-order valence-electron chi connectivity index (χ3n) is 3.01. The number of halogens is 1. The Morgan fingerprint density at radius 3 is 2.94 bits per heavy atom. The molecular formula is C12H14FNOS. The Balaban J connectivity index is 2.29. The molecule has 2 nitrogen and oxygen atoms in total. The second-order valence-corrected chi connectivity index (χ2v) is 4.56. The van der Waals surface area contributed by atoms with Crippen LogP contribution >= 0.6 is 12.6 Å². The summed E-state index contributed by atoms with van der Waals surface area (Å²) in [5, 5.41) is 0. The van der Waals surface area contributed by atoms with Crippen molar-refractivity contribution in [2.45, 2.75) is 30.7 Å². The Morgan fingerprint density at radius 1 is 1.56 bits per heavy atom. The van der Waals surface area contributed by atoms with Gasteiger partial charge in [0.15, 0.2) is 0 Å². The molecule has 2 rings (SSSR count). The lowest BCUT2D eigenvalue weighted by molar-refractivity contribution is -0.129. The Kier molecular flexibility index (Phi) is 3.19. The third-order valence-corrected chi connectivity index (χ3v) is 3.35. The van der Waals surface area contributed by atoms with E-state index >= 15 is 0 Å². The van der Waals surface area contributed by atoms with E-state index in [0.717, 1.165) is 24.9 Å². The first-order chi connectivity index (χ1) is 7.59. The van der Waals surface area contributed by atoms with Gasteiger partial charge in [0.25, 0.3) is 0 Å². The molecule has 1 aliphatic heterocycles. The average Bonchev–Trinajstić information content (AvgIpc) is 2.71. The van der Waals surface area contributed by atoms with E-state index in [1.54, 1.807) is 19.1 Å². The zero-order valence-electron chi connectivity index (χ0n) is 9.11. The van der Waals surface area contributed by atoms with Crippen molar-refractivity contribution in [3.8, 4) is 0 Å². The molecular weight excluding hydrogens is 225 g/mol. The highest BCUT2D eigenvalue weighted by molar-refractivity contribution is 7.80. The van der Waals surface area contributed by atoms with Crippen LogP contribution in [0.25, 0.3) is 0 Å². The van der Waals surface area contributed by atoms with Crippen molar-refractivity contribution in [1.82, 2.24) is 4.90 Å². The van der Waals surface area contributed by atoms with Gasteiger partial charge in [-0.1, -0.05) is 6.07 Å². The Morgan fingerprint density at radius 2 is 2.31 bits per heavy atom.